The Hall–Kier alpha value is -2.36. The van der Waals surface area contributed by atoms with Gasteiger partial charge in [-0.15, -0.1) is 0 Å². The van der Waals surface area contributed by atoms with Gasteiger partial charge >= 0.3 is 0 Å². The summed E-state index contributed by atoms with van der Waals surface area (Å²) in [5.41, 5.74) is 2.80. The third-order valence-corrected chi connectivity index (χ3v) is 3.07. The summed E-state index contributed by atoms with van der Waals surface area (Å²) in [5.74, 6) is 0.381. The number of carbonyl (C=O) groups excluding carboxylic acids is 1. The molecule has 0 saturated heterocycles. The molecule has 0 spiro atoms. The van der Waals surface area contributed by atoms with Gasteiger partial charge in [0, 0.05) is 25.1 Å². The van der Waals surface area contributed by atoms with Crippen LogP contribution in [0.25, 0.3) is 11.0 Å². The summed E-state index contributed by atoms with van der Waals surface area (Å²) in [5, 5.41) is 5.02. The Labute approximate surface area is 110 Å². The van der Waals surface area contributed by atoms with Gasteiger partial charge in [0.05, 0.1) is 6.20 Å². The second-order valence-corrected chi connectivity index (χ2v) is 4.77. The van der Waals surface area contributed by atoms with Gasteiger partial charge in [-0.3, -0.25) is 9.48 Å². The van der Waals surface area contributed by atoms with Gasteiger partial charge in [0.15, 0.2) is 5.76 Å². The monoisotopic (exact) mass is 254 g/mol. The molecular weight excluding hydrogens is 240 g/mol. The molecule has 0 radical (unpaired) electrons. The van der Waals surface area contributed by atoms with Crippen LogP contribution in [0.15, 0.2) is 41.1 Å². The van der Waals surface area contributed by atoms with E-state index in [1.54, 1.807) is 16.9 Å². The standard InChI is InChI=1S/C15H14N2O2/c1-10-3-4-14-12(5-10)7-15(19-14)13(18)6-11-8-16-17(2)9-11/h3-5,7-9H,6H2,1-2H3. The van der Waals surface area contributed by atoms with E-state index >= 15 is 0 Å². The molecule has 0 aliphatic carbocycles. The maximum Gasteiger partial charge on any atom is 0.202 e. The number of fused-ring (bicyclic) bond motifs is 1. The van der Waals surface area contributed by atoms with Crippen molar-refractivity contribution in [3.63, 3.8) is 0 Å². The molecule has 2 aromatic heterocycles. The zero-order valence-corrected chi connectivity index (χ0v) is 10.9. The third-order valence-electron chi connectivity index (χ3n) is 3.07. The van der Waals surface area contributed by atoms with Gasteiger partial charge in [-0.05, 0) is 30.7 Å². The Bertz CT molecular complexity index is 752. The number of hydrogen-bond acceptors (Lipinski definition) is 3. The molecule has 0 amide bonds. The zero-order chi connectivity index (χ0) is 13.4. The number of nitrogens with zero attached hydrogens (tertiary/aromatic N) is 2. The van der Waals surface area contributed by atoms with Crippen molar-refractivity contribution in [3.8, 4) is 0 Å². The quantitative estimate of drug-likeness (QED) is 0.675. The molecular formula is C15H14N2O2. The van der Waals surface area contributed by atoms with Gasteiger partial charge in [-0.25, -0.2) is 0 Å². The molecule has 0 atom stereocenters. The highest BCUT2D eigenvalue weighted by atomic mass is 16.3. The molecule has 0 aliphatic rings. The highest BCUT2D eigenvalue weighted by Crippen LogP contribution is 2.21. The first kappa shape index (κ1) is 11.7. The lowest BCUT2D eigenvalue weighted by molar-refractivity contribution is 0.0968. The van der Waals surface area contributed by atoms with E-state index < -0.39 is 0 Å². The van der Waals surface area contributed by atoms with E-state index in [9.17, 15) is 4.79 Å². The molecule has 2 heterocycles. The molecule has 0 aliphatic heterocycles. The van der Waals surface area contributed by atoms with Crippen LogP contribution in [0.2, 0.25) is 0 Å². The minimum atomic E-state index is -0.0261. The summed E-state index contributed by atoms with van der Waals surface area (Å²) >= 11 is 0. The van der Waals surface area contributed by atoms with E-state index in [1.165, 1.54) is 0 Å². The molecule has 96 valence electrons. The topological polar surface area (TPSA) is 48.0 Å². The van der Waals surface area contributed by atoms with Crippen LogP contribution in [0.5, 0.6) is 0 Å². The second-order valence-electron chi connectivity index (χ2n) is 4.77. The van der Waals surface area contributed by atoms with Crippen LogP contribution < -0.4 is 0 Å². The summed E-state index contributed by atoms with van der Waals surface area (Å²) in [6.45, 7) is 2.02. The summed E-state index contributed by atoms with van der Waals surface area (Å²) in [6.07, 6.45) is 3.85. The Kier molecular flexibility index (Phi) is 2.71. The summed E-state index contributed by atoms with van der Waals surface area (Å²) < 4.78 is 7.27. The first-order valence-corrected chi connectivity index (χ1v) is 6.13. The SMILES string of the molecule is Cc1ccc2oc(C(=O)Cc3cnn(C)c3)cc2c1. The van der Waals surface area contributed by atoms with Gasteiger partial charge in [0.1, 0.15) is 5.58 Å². The fourth-order valence-electron chi connectivity index (χ4n) is 2.14. The van der Waals surface area contributed by atoms with E-state index in [0.717, 1.165) is 22.1 Å². The number of carbonyl (C=O) groups is 1. The maximum absolute atomic E-state index is 12.1. The van der Waals surface area contributed by atoms with Crippen LogP contribution in [-0.2, 0) is 13.5 Å². The number of Topliss-reactive ketones (excluding diaryl/α,β-unsaturated/α-hetero) is 1. The number of benzene rings is 1. The lowest BCUT2D eigenvalue weighted by Crippen LogP contribution is -2.01. The molecule has 0 saturated carbocycles. The zero-order valence-electron chi connectivity index (χ0n) is 10.9. The first-order valence-electron chi connectivity index (χ1n) is 6.13. The van der Waals surface area contributed by atoms with Crippen molar-refractivity contribution < 1.29 is 9.21 Å². The average molecular weight is 254 g/mol. The number of rotatable bonds is 3. The van der Waals surface area contributed by atoms with Crippen molar-refractivity contribution in [2.24, 2.45) is 7.05 Å². The molecule has 0 N–H and O–H groups in total. The molecule has 4 nitrogen and oxygen atoms in total. The van der Waals surface area contributed by atoms with Crippen molar-refractivity contribution in [2.75, 3.05) is 0 Å². The number of ketones is 1. The lowest BCUT2D eigenvalue weighted by Gasteiger charge is -1.93. The first-order chi connectivity index (χ1) is 9.11. The van der Waals surface area contributed by atoms with Crippen LogP contribution in [0.1, 0.15) is 21.7 Å². The Morgan fingerprint density at radius 3 is 2.95 bits per heavy atom. The second kappa shape index (κ2) is 4.39. The van der Waals surface area contributed by atoms with Gasteiger partial charge in [0.25, 0.3) is 0 Å². The smallest absolute Gasteiger partial charge is 0.202 e. The molecule has 4 heteroatoms. The minimum absolute atomic E-state index is 0.0261. The average Bonchev–Trinajstić information content (AvgIpc) is 2.95. The van der Waals surface area contributed by atoms with Crippen molar-refractivity contribution in [1.29, 1.82) is 0 Å². The minimum Gasteiger partial charge on any atom is -0.453 e. The lowest BCUT2D eigenvalue weighted by atomic mass is 10.1. The fraction of sp³-hybridized carbons (Fsp3) is 0.200. The van der Waals surface area contributed by atoms with Crippen LogP contribution >= 0.6 is 0 Å². The predicted octanol–water partition coefficient (Wildman–Crippen LogP) is 2.90. The molecule has 3 rings (SSSR count). The Morgan fingerprint density at radius 2 is 2.21 bits per heavy atom. The van der Waals surface area contributed by atoms with E-state index in [2.05, 4.69) is 5.10 Å². The van der Waals surface area contributed by atoms with Gasteiger partial charge in [-0.1, -0.05) is 11.6 Å². The van der Waals surface area contributed by atoms with Crippen molar-refractivity contribution in [3.05, 3.63) is 53.5 Å². The van der Waals surface area contributed by atoms with E-state index in [1.807, 2.05) is 38.4 Å². The highest BCUT2D eigenvalue weighted by Gasteiger charge is 2.13. The van der Waals surface area contributed by atoms with Gasteiger partial charge < -0.3 is 4.42 Å². The van der Waals surface area contributed by atoms with Crippen molar-refractivity contribution in [2.45, 2.75) is 13.3 Å². The molecule has 19 heavy (non-hydrogen) atoms. The van der Waals surface area contributed by atoms with Crippen LogP contribution in [-0.4, -0.2) is 15.6 Å². The third kappa shape index (κ3) is 2.29. The summed E-state index contributed by atoms with van der Waals surface area (Å²) in [4.78, 5) is 12.1. The number of furan rings is 1. The van der Waals surface area contributed by atoms with E-state index in [-0.39, 0.29) is 5.78 Å². The maximum atomic E-state index is 12.1. The van der Waals surface area contributed by atoms with Crippen molar-refractivity contribution >= 4 is 16.8 Å². The van der Waals surface area contributed by atoms with Crippen LogP contribution in [0, 0.1) is 6.92 Å². The van der Waals surface area contributed by atoms with Gasteiger partial charge in [0.2, 0.25) is 5.78 Å². The largest absolute Gasteiger partial charge is 0.453 e. The number of aromatic nitrogens is 2. The number of hydrogen-bond donors (Lipinski definition) is 0. The molecule has 0 unspecified atom stereocenters. The summed E-state index contributed by atoms with van der Waals surface area (Å²) in [6, 6.07) is 7.69. The highest BCUT2D eigenvalue weighted by molar-refractivity contribution is 5.98. The Morgan fingerprint density at radius 1 is 1.37 bits per heavy atom. The molecule has 1 aromatic carbocycles. The fourth-order valence-corrected chi connectivity index (χ4v) is 2.14. The molecule has 3 aromatic rings. The van der Waals surface area contributed by atoms with E-state index in [4.69, 9.17) is 4.42 Å². The number of aryl methyl sites for hydroxylation is 2. The molecule has 0 fully saturated rings. The van der Waals surface area contributed by atoms with Crippen LogP contribution in [0.4, 0.5) is 0 Å². The van der Waals surface area contributed by atoms with Gasteiger partial charge in [-0.2, -0.15) is 5.10 Å². The predicted molar refractivity (Wildman–Crippen MR) is 72.2 cm³/mol. The summed E-state index contributed by atoms with van der Waals surface area (Å²) in [7, 11) is 1.83. The van der Waals surface area contributed by atoms with E-state index in [0.29, 0.717) is 12.2 Å². The van der Waals surface area contributed by atoms with Crippen LogP contribution in [0.3, 0.4) is 0 Å². The van der Waals surface area contributed by atoms with Crippen molar-refractivity contribution in [1.82, 2.24) is 9.78 Å². The Balaban J connectivity index is 1.89. The normalized spacial score (nSPS) is 11.1. The molecule has 0 bridgehead atoms.